The van der Waals surface area contributed by atoms with Crippen LogP contribution < -0.4 is 10.5 Å². The second-order valence-electron chi connectivity index (χ2n) is 6.45. The molecule has 0 saturated heterocycles. The van der Waals surface area contributed by atoms with E-state index in [1.807, 2.05) is 25.1 Å². The number of ether oxygens (including phenoxy) is 1. The second-order valence-corrected chi connectivity index (χ2v) is 6.45. The molecule has 0 amide bonds. The van der Waals surface area contributed by atoms with Gasteiger partial charge in [-0.1, -0.05) is 39.0 Å². The molecule has 0 radical (unpaired) electrons. The number of nitrogens with zero attached hydrogens (tertiary/aromatic N) is 1. The van der Waals surface area contributed by atoms with Crippen molar-refractivity contribution in [3.63, 3.8) is 0 Å². The molecule has 0 unspecified atom stereocenters. The van der Waals surface area contributed by atoms with Crippen LogP contribution in [-0.2, 0) is 12.0 Å². The van der Waals surface area contributed by atoms with Gasteiger partial charge in [0.25, 0.3) is 0 Å². The third-order valence-corrected chi connectivity index (χ3v) is 3.55. The maximum absolute atomic E-state index is 5.99. The Morgan fingerprint density at radius 2 is 1.81 bits per heavy atom. The molecule has 0 atom stereocenters. The van der Waals surface area contributed by atoms with Gasteiger partial charge >= 0.3 is 0 Å². The van der Waals surface area contributed by atoms with Gasteiger partial charge in [-0.2, -0.15) is 0 Å². The van der Waals surface area contributed by atoms with Crippen LogP contribution in [0.2, 0.25) is 0 Å². The van der Waals surface area contributed by atoms with E-state index in [2.05, 4.69) is 44.8 Å². The molecule has 21 heavy (non-hydrogen) atoms. The van der Waals surface area contributed by atoms with Gasteiger partial charge in [0, 0.05) is 17.8 Å². The first kappa shape index (κ1) is 15.5. The molecule has 0 saturated carbocycles. The van der Waals surface area contributed by atoms with Crippen LogP contribution in [0.4, 0.5) is 0 Å². The van der Waals surface area contributed by atoms with Crippen LogP contribution in [0.1, 0.15) is 43.2 Å². The number of aryl methyl sites for hydroxylation is 2. The number of hydrogen-bond donors (Lipinski definition) is 1. The molecular formula is C18H24N2O. The van der Waals surface area contributed by atoms with E-state index in [1.54, 1.807) is 0 Å². The van der Waals surface area contributed by atoms with Gasteiger partial charge in [-0.25, -0.2) is 4.98 Å². The zero-order chi connectivity index (χ0) is 15.6. The fourth-order valence-electron chi connectivity index (χ4n) is 2.14. The molecule has 3 heteroatoms. The lowest BCUT2D eigenvalue weighted by Crippen LogP contribution is -2.11. The van der Waals surface area contributed by atoms with Crippen molar-refractivity contribution in [2.24, 2.45) is 5.73 Å². The van der Waals surface area contributed by atoms with Gasteiger partial charge in [0.05, 0.1) is 0 Å². The number of aromatic nitrogens is 1. The molecule has 0 aliphatic heterocycles. The molecule has 0 spiro atoms. The van der Waals surface area contributed by atoms with Crippen molar-refractivity contribution in [3.8, 4) is 11.6 Å². The van der Waals surface area contributed by atoms with Crippen molar-refractivity contribution in [1.29, 1.82) is 0 Å². The molecule has 2 aromatic rings. The van der Waals surface area contributed by atoms with E-state index in [-0.39, 0.29) is 5.41 Å². The first-order chi connectivity index (χ1) is 9.81. The Morgan fingerprint density at radius 1 is 1.10 bits per heavy atom. The van der Waals surface area contributed by atoms with Crippen molar-refractivity contribution in [3.05, 3.63) is 52.7 Å². The summed E-state index contributed by atoms with van der Waals surface area (Å²) < 4.78 is 5.99. The summed E-state index contributed by atoms with van der Waals surface area (Å²) in [7, 11) is 0. The summed E-state index contributed by atoms with van der Waals surface area (Å²) in [6, 6.07) is 10.2. The zero-order valence-corrected chi connectivity index (χ0v) is 13.5. The molecule has 2 N–H and O–H groups in total. The van der Waals surface area contributed by atoms with Gasteiger partial charge in [0.2, 0.25) is 5.88 Å². The summed E-state index contributed by atoms with van der Waals surface area (Å²) in [5, 5.41) is 0. The van der Waals surface area contributed by atoms with Crippen LogP contribution in [0.15, 0.2) is 30.3 Å². The van der Waals surface area contributed by atoms with Crippen molar-refractivity contribution >= 4 is 0 Å². The highest BCUT2D eigenvalue weighted by atomic mass is 16.5. The standard InChI is InChI=1S/C18H24N2O/c1-12-10-15(18(3,4)5)8-9-16(12)21-17-14(11-19)7-6-13(2)20-17/h6-10H,11,19H2,1-5H3. The summed E-state index contributed by atoms with van der Waals surface area (Å²) in [4.78, 5) is 4.45. The van der Waals surface area contributed by atoms with E-state index in [0.717, 1.165) is 22.6 Å². The predicted molar refractivity (Wildman–Crippen MR) is 86.8 cm³/mol. The number of hydrogen-bond acceptors (Lipinski definition) is 3. The maximum atomic E-state index is 5.99. The Hall–Kier alpha value is -1.87. The van der Waals surface area contributed by atoms with Gasteiger partial charge < -0.3 is 10.5 Å². The van der Waals surface area contributed by atoms with E-state index < -0.39 is 0 Å². The number of pyridine rings is 1. The van der Waals surface area contributed by atoms with Crippen LogP contribution >= 0.6 is 0 Å². The van der Waals surface area contributed by atoms with Crippen molar-refractivity contribution in [2.45, 2.75) is 46.6 Å². The highest BCUT2D eigenvalue weighted by Crippen LogP contribution is 2.30. The normalized spacial score (nSPS) is 11.5. The average Bonchev–Trinajstić information content (AvgIpc) is 2.40. The highest BCUT2D eigenvalue weighted by Gasteiger charge is 2.15. The van der Waals surface area contributed by atoms with Gasteiger partial charge in [-0.05, 0) is 42.5 Å². The summed E-state index contributed by atoms with van der Waals surface area (Å²) in [5.41, 5.74) is 10.1. The smallest absolute Gasteiger partial charge is 0.223 e. The van der Waals surface area contributed by atoms with Crippen molar-refractivity contribution < 1.29 is 4.74 Å². The summed E-state index contributed by atoms with van der Waals surface area (Å²) >= 11 is 0. The zero-order valence-electron chi connectivity index (χ0n) is 13.5. The number of nitrogens with two attached hydrogens (primary N) is 1. The van der Waals surface area contributed by atoms with Crippen LogP contribution in [0.3, 0.4) is 0 Å². The van der Waals surface area contributed by atoms with Crippen LogP contribution in [0, 0.1) is 13.8 Å². The fraction of sp³-hybridized carbons (Fsp3) is 0.389. The average molecular weight is 284 g/mol. The molecule has 0 aliphatic carbocycles. The van der Waals surface area contributed by atoms with Crippen LogP contribution in [-0.4, -0.2) is 4.98 Å². The lowest BCUT2D eigenvalue weighted by Gasteiger charge is -2.20. The Morgan fingerprint density at radius 3 is 2.38 bits per heavy atom. The highest BCUT2D eigenvalue weighted by molar-refractivity contribution is 5.42. The second kappa shape index (κ2) is 5.86. The third-order valence-electron chi connectivity index (χ3n) is 3.55. The minimum atomic E-state index is 0.132. The molecule has 0 bridgehead atoms. The Kier molecular flexibility index (Phi) is 4.33. The Bertz CT molecular complexity index is 642. The number of rotatable bonds is 3. The monoisotopic (exact) mass is 284 g/mol. The molecule has 0 fully saturated rings. The fourth-order valence-corrected chi connectivity index (χ4v) is 2.14. The molecule has 1 aromatic heterocycles. The van der Waals surface area contributed by atoms with E-state index in [0.29, 0.717) is 12.4 Å². The Labute approximate surface area is 127 Å². The Balaban J connectivity index is 2.34. The molecule has 0 aliphatic rings. The topological polar surface area (TPSA) is 48.1 Å². The van der Waals surface area contributed by atoms with Crippen LogP contribution in [0.5, 0.6) is 11.6 Å². The van der Waals surface area contributed by atoms with Gasteiger partial charge in [-0.3, -0.25) is 0 Å². The minimum Gasteiger partial charge on any atom is -0.438 e. The van der Waals surface area contributed by atoms with E-state index >= 15 is 0 Å². The van der Waals surface area contributed by atoms with Gasteiger partial charge in [0.1, 0.15) is 5.75 Å². The number of benzene rings is 1. The van der Waals surface area contributed by atoms with Gasteiger partial charge in [0.15, 0.2) is 0 Å². The largest absolute Gasteiger partial charge is 0.438 e. The molecule has 1 heterocycles. The van der Waals surface area contributed by atoms with E-state index in [9.17, 15) is 0 Å². The van der Waals surface area contributed by atoms with E-state index in [1.165, 1.54) is 5.56 Å². The lowest BCUT2D eigenvalue weighted by molar-refractivity contribution is 0.451. The quantitative estimate of drug-likeness (QED) is 0.916. The molecule has 112 valence electrons. The molecular weight excluding hydrogens is 260 g/mol. The van der Waals surface area contributed by atoms with Crippen LogP contribution in [0.25, 0.3) is 0 Å². The minimum absolute atomic E-state index is 0.132. The predicted octanol–water partition coefficient (Wildman–Crippen LogP) is 4.25. The summed E-state index contributed by atoms with van der Waals surface area (Å²) in [5.74, 6) is 1.43. The maximum Gasteiger partial charge on any atom is 0.223 e. The third kappa shape index (κ3) is 3.61. The van der Waals surface area contributed by atoms with Crippen molar-refractivity contribution in [1.82, 2.24) is 4.98 Å². The summed E-state index contributed by atoms with van der Waals surface area (Å²) in [6.45, 7) is 11.0. The van der Waals surface area contributed by atoms with E-state index in [4.69, 9.17) is 10.5 Å². The van der Waals surface area contributed by atoms with Crippen molar-refractivity contribution in [2.75, 3.05) is 0 Å². The first-order valence-electron chi connectivity index (χ1n) is 7.27. The lowest BCUT2D eigenvalue weighted by atomic mass is 9.86. The van der Waals surface area contributed by atoms with Gasteiger partial charge in [-0.15, -0.1) is 0 Å². The molecule has 1 aromatic carbocycles. The SMILES string of the molecule is Cc1ccc(CN)c(Oc2ccc(C(C)(C)C)cc2C)n1. The first-order valence-corrected chi connectivity index (χ1v) is 7.27. The molecule has 3 nitrogen and oxygen atoms in total. The molecule has 2 rings (SSSR count). The summed E-state index contributed by atoms with van der Waals surface area (Å²) in [6.07, 6.45) is 0.